The summed E-state index contributed by atoms with van der Waals surface area (Å²) >= 11 is 1.79. The van der Waals surface area contributed by atoms with Crippen LogP contribution in [-0.2, 0) is 14.3 Å². The summed E-state index contributed by atoms with van der Waals surface area (Å²) in [6.07, 6.45) is 5.27. The Hall–Kier alpha value is -2.08. The number of rotatable bonds is 6. The lowest BCUT2D eigenvalue weighted by atomic mass is 9.88. The molecule has 2 aromatic rings. The van der Waals surface area contributed by atoms with E-state index in [-0.39, 0.29) is 12.1 Å². The monoisotopic (exact) mass is 500 g/mol. The van der Waals surface area contributed by atoms with Crippen molar-refractivity contribution in [2.45, 2.75) is 94.3 Å². The number of carbonyl (C=O) groups is 1. The van der Waals surface area contributed by atoms with Crippen LogP contribution in [0.4, 0.5) is 0 Å². The Labute approximate surface area is 217 Å². The van der Waals surface area contributed by atoms with Gasteiger partial charge in [0.2, 0.25) is 0 Å². The van der Waals surface area contributed by atoms with Crippen molar-refractivity contribution >= 4 is 17.7 Å². The van der Waals surface area contributed by atoms with E-state index in [1.165, 1.54) is 9.79 Å². The van der Waals surface area contributed by atoms with Crippen LogP contribution >= 0.6 is 11.8 Å². The molecule has 2 aromatic carbocycles. The second kappa shape index (κ2) is 15.8. The Morgan fingerprint density at radius 3 is 1.91 bits per heavy atom. The molecule has 0 amide bonds. The van der Waals surface area contributed by atoms with Gasteiger partial charge in [0.05, 0.1) is 12.7 Å². The molecule has 5 heteroatoms. The molecule has 2 atom stereocenters. The summed E-state index contributed by atoms with van der Waals surface area (Å²) in [6, 6.07) is 20.8. The maximum absolute atomic E-state index is 12.0. The lowest BCUT2D eigenvalue weighted by molar-refractivity contribution is -0.181. The number of carbonyl (C=O) groups excluding carboxylic acids is 1. The molecular weight excluding hydrogens is 456 g/mol. The van der Waals surface area contributed by atoms with Gasteiger partial charge in [0.25, 0.3) is 0 Å². The van der Waals surface area contributed by atoms with Gasteiger partial charge < -0.3 is 14.6 Å². The Kier molecular flexibility index (Phi) is 14.0. The van der Waals surface area contributed by atoms with E-state index < -0.39 is 11.2 Å². The normalized spacial score (nSPS) is 17.7. The first-order valence-corrected chi connectivity index (χ1v) is 13.2. The molecule has 0 bridgehead atoms. The van der Waals surface area contributed by atoms with Gasteiger partial charge in [-0.05, 0) is 91.0 Å². The van der Waals surface area contributed by atoms with Crippen LogP contribution in [-0.4, -0.2) is 35.0 Å². The van der Waals surface area contributed by atoms with Crippen molar-refractivity contribution < 1.29 is 19.4 Å². The summed E-state index contributed by atoms with van der Waals surface area (Å²) in [5, 5.41) is 9.62. The Morgan fingerprint density at radius 2 is 1.49 bits per heavy atom. The quantitative estimate of drug-likeness (QED) is 0.325. The molecule has 194 valence electrons. The van der Waals surface area contributed by atoms with Gasteiger partial charge in [0.15, 0.2) is 5.60 Å². The first-order chi connectivity index (χ1) is 16.5. The fourth-order valence-corrected chi connectivity index (χ4v) is 4.17. The standard InChI is InChI=1S/C15H28O4.C12H10S.C3H6/c1-14(2,3)19-13(17)15(4,5)18-10-11-7-6-8-12(16)9-11;1-3-7-11(8-4-1)13-12-9-5-2-6-10-12;1-3-2/h11-12,16H,6-10H2,1-5H3;1-10H;3H,1H2,2H3. The van der Waals surface area contributed by atoms with Gasteiger partial charge >= 0.3 is 5.97 Å². The van der Waals surface area contributed by atoms with Crippen molar-refractivity contribution in [1.82, 2.24) is 0 Å². The van der Waals surface area contributed by atoms with E-state index in [1.54, 1.807) is 31.7 Å². The fraction of sp³-hybridized carbons (Fsp3) is 0.500. The molecule has 1 saturated carbocycles. The third-order valence-electron chi connectivity index (χ3n) is 5.05. The number of ether oxygens (including phenoxy) is 2. The average molecular weight is 501 g/mol. The van der Waals surface area contributed by atoms with Crippen molar-refractivity contribution in [3.63, 3.8) is 0 Å². The summed E-state index contributed by atoms with van der Waals surface area (Å²) in [4.78, 5) is 14.6. The van der Waals surface area contributed by atoms with Gasteiger partial charge in [-0.15, -0.1) is 6.58 Å². The molecule has 0 saturated heterocycles. The van der Waals surface area contributed by atoms with Gasteiger partial charge in [-0.1, -0.05) is 60.7 Å². The number of aliphatic hydroxyl groups is 1. The third kappa shape index (κ3) is 14.2. The molecule has 2 unspecified atom stereocenters. The first-order valence-electron chi connectivity index (χ1n) is 12.4. The van der Waals surface area contributed by atoms with Gasteiger partial charge in [0.1, 0.15) is 5.60 Å². The number of esters is 1. The molecule has 1 aliphatic rings. The Balaban J connectivity index is 0.000000330. The molecule has 0 spiro atoms. The molecule has 4 nitrogen and oxygen atoms in total. The minimum Gasteiger partial charge on any atom is -0.458 e. The van der Waals surface area contributed by atoms with Gasteiger partial charge in [-0.3, -0.25) is 0 Å². The summed E-state index contributed by atoms with van der Waals surface area (Å²) in [5.74, 6) is 0.00168. The lowest BCUT2D eigenvalue weighted by Gasteiger charge is -2.31. The highest BCUT2D eigenvalue weighted by Crippen LogP contribution is 2.27. The lowest BCUT2D eigenvalue weighted by Crippen LogP contribution is -2.42. The zero-order valence-corrected chi connectivity index (χ0v) is 23.1. The predicted molar refractivity (Wildman–Crippen MR) is 147 cm³/mol. The predicted octanol–water partition coefficient (Wildman–Crippen LogP) is 7.70. The van der Waals surface area contributed by atoms with E-state index in [0.717, 1.165) is 25.7 Å². The SMILES string of the molecule is C=CC.CC(C)(C)OC(=O)C(C)(C)OCC1CCCC(O)C1.c1ccc(Sc2ccccc2)cc1. The largest absolute Gasteiger partial charge is 0.458 e. The fourth-order valence-electron chi connectivity index (χ4n) is 3.31. The molecule has 1 fully saturated rings. The van der Waals surface area contributed by atoms with E-state index in [4.69, 9.17) is 9.47 Å². The van der Waals surface area contributed by atoms with Crippen LogP contribution in [0.2, 0.25) is 0 Å². The van der Waals surface area contributed by atoms with Crippen molar-refractivity contribution in [1.29, 1.82) is 0 Å². The minimum absolute atomic E-state index is 0.216. The minimum atomic E-state index is -0.935. The van der Waals surface area contributed by atoms with Crippen molar-refractivity contribution in [2.75, 3.05) is 6.61 Å². The number of benzene rings is 2. The number of hydrogen-bond donors (Lipinski definition) is 1. The smallest absolute Gasteiger partial charge is 0.338 e. The molecule has 0 aromatic heterocycles. The highest BCUT2D eigenvalue weighted by atomic mass is 32.2. The van der Waals surface area contributed by atoms with Crippen LogP contribution in [0.1, 0.15) is 67.2 Å². The summed E-state index contributed by atoms with van der Waals surface area (Å²) < 4.78 is 11.1. The van der Waals surface area contributed by atoms with Gasteiger partial charge in [0, 0.05) is 9.79 Å². The average Bonchev–Trinajstić information content (AvgIpc) is 2.79. The maximum Gasteiger partial charge on any atom is 0.338 e. The first kappa shape index (κ1) is 31.0. The summed E-state index contributed by atoms with van der Waals surface area (Å²) in [6.45, 7) is 14.8. The third-order valence-corrected chi connectivity index (χ3v) is 6.06. The molecule has 1 aliphatic carbocycles. The molecule has 35 heavy (non-hydrogen) atoms. The Morgan fingerprint density at radius 1 is 1.00 bits per heavy atom. The second-order valence-corrected chi connectivity index (χ2v) is 11.3. The van der Waals surface area contributed by atoms with E-state index >= 15 is 0 Å². The zero-order valence-electron chi connectivity index (χ0n) is 22.3. The van der Waals surface area contributed by atoms with Crippen LogP contribution < -0.4 is 0 Å². The van der Waals surface area contributed by atoms with Crippen molar-refractivity contribution in [3.05, 3.63) is 73.3 Å². The van der Waals surface area contributed by atoms with Crippen LogP contribution in [0.5, 0.6) is 0 Å². The highest BCUT2D eigenvalue weighted by Gasteiger charge is 2.34. The molecule has 3 rings (SSSR count). The van der Waals surface area contributed by atoms with E-state index in [1.807, 2.05) is 39.8 Å². The van der Waals surface area contributed by atoms with Crippen LogP contribution in [0.3, 0.4) is 0 Å². The zero-order chi connectivity index (χ0) is 26.3. The summed E-state index contributed by atoms with van der Waals surface area (Å²) in [7, 11) is 0. The molecule has 0 aliphatic heterocycles. The molecule has 0 radical (unpaired) electrons. The number of allylic oxidation sites excluding steroid dienone is 1. The second-order valence-electron chi connectivity index (χ2n) is 10.1. The van der Waals surface area contributed by atoms with E-state index in [0.29, 0.717) is 12.5 Å². The maximum atomic E-state index is 12.0. The van der Waals surface area contributed by atoms with Crippen LogP contribution in [0, 0.1) is 5.92 Å². The van der Waals surface area contributed by atoms with Gasteiger partial charge in [-0.25, -0.2) is 4.79 Å². The highest BCUT2D eigenvalue weighted by molar-refractivity contribution is 7.99. The number of hydrogen-bond acceptors (Lipinski definition) is 5. The molecule has 0 heterocycles. The van der Waals surface area contributed by atoms with Crippen molar-refractivity contribution in [3.8, 4) is 0 Å². The van der Waals surface area contributed by atoms with Crippen LogP contribution in [0.15, 0.2) is 83.1 Å². The summed E-state index contributed by atoms with van der Waals surface area (Å²) in [5.41, 5.74) is -1.44. The van der Waals surface area contributed by atoms with Gasteiger partial charge in [-0.2, -0.15) is 0 Å². The number of aliphatic hydroxyl groups excluding tert-OH is 1. The van der Waals surface area contributed by atoms with E-state index in [2.05, 4.69) is 55.1 Å². The van der Waals surface area contributed by atoms with Crippen molar-refractivity contribution in [2.24, 2.45) is 5.92 Å². The van der Waals surface area contributed by atoms with E-state index in [9.17, 15) is 9.90 Å². The van der Waals surface area contributed by atoms with Crippen LogP contribution in [0.25, 0.3) is 0 Å². The molecular formula is C30H44O4S. The Bertz CT molecular complexity index is 806. The molecule has 1 N–H and O–H groups in total. The topological polar surface area (TPSA) is 55.8 Å².